The zero-order chi connectivity index (χ0) is 9.90. The molecular formula is C10H15NO2. The highest BCUT2D eigenvalue weighted by Gasteiger charge is 2.27. The first-order valence-corrected chi connectivity index (χ1v) is 4.46. The molecule has 0 saturated carbocycles. The van der Waals surface area contributed by atoms with Gasteiger partial charge in [-0.3, -0.25) is 4.79 Å². The summed E-state index contributed by atoms with van der Waals surface area (Å²) in [6, 6.07) is 0. The van der Waals surface area contributed by atoms with Crippen molar-refractivity contribution in [3.05, 3.63) is 0 Å². The molecule has 0 aromatic carbocycles. The minimum Gasteiger partial charge on any atom is -0.368 e. The molecule has 1 aliphatic rings. The molecule has 1 N–H and O–H groups in total. The molecule has 1 aliphatic heterocycles. The fourth-order valence-corrected chi connectivity index (χ4v) is 1.21. The minimum absolute atomic E-state index is 0.0968. The van der Waals surface area contributed by atoms with Crippen molar-refractivity contribution in [2.24, 2.45) is 0 Å². The van der Waals surface area contributed by atoms with Crippen LogP contribution in [0.1, 0.15) is 26.7 Å². The molecule has 1 rings (SSSR count). The molecule has 1 saturated heterocycles. The van der Waals surface area contributed by atoms with Crippen LogP contribution < -0.4 is 5.32 Å². The van der Waals surface area contributed by atoms with Crippen LogP contribution in [0.5, 0.6) is 0 Å². The third kappa shape index (κ3) is 2.74. The van der Waals surface area contributed by atoms with Gasteiger partial charge in [0.2, 0.25) is 5.91 Å². The van der Waals surface area contributed by atoms with E-state index in [4.69, 9.17) is 11.2 Å². The monoisotopic (exact) mass is 181 g/mol. The molecule has 13 heavy (non-hydrogen) atoms. The topological polar surface area (TPSA) is 38.3 Å². The first kappa shape index (κ1) is 10.1. The van der Waals surface area contributed by atoms with Crippen LogP contribution in [0, 0.1) is 12.3 Å². The van der Waals surface area contributed by atoms with Crippen molar-refractivity contribution < 1.29 is 9.53 Å². The van der Waals surface area contributed by atoms with Gasteiger partial charge in [0.25, 0.3) is 0 Å². The van der Waals surface area contributed by atoms with E-state index >= 15 is 0 Å². The van der Waals surface area contributed by atoms with E-state index in [0.29, 0.717) is 6.61 Å². The van der Waals surface area contributed by atoms with E-state index < -0.39 is 5.54 Å². The summed E-state index contributed by atoms with van der Waals surface area (Å²) in [5.74, 6) is 2.41. The van der Waals surface area contributed by atoms with Crippen LogP contribution in [0.2, 0.25) is 0 Å². The summed E-state index contributed by atoms with van der Waals surface area (Å²) >= 11 is 0. The predicted molar refractivity (Wildman–Crippen MR) is 50.0 cm³/mol. The van der Waals surface area contributed by atoms with Crippen LogP contribution in [-0.2, 0) is 9.53 Å². The molecule has 1 heterocycles. The number of carbonyl (C=O) groups excluding carboxylic acids is 1. The lowest BCUT2D eigenvalue weighted by atomic mass is 10.1. The van der Waals surface area contributed by atoms with Gasteiger partial charge in [-0.25, -0.2) is 0 Å². The zero-order valence-electron chi connectivity index (χ0n) is 8.09. The molecule has 72 valence electrons. The van der Waals surface area contributed by atoms with Gasteiger partial charge in [-0.05, 0) is 26.7 Å². The van der Waals surface area contributed by atoms with E-state index in [0.717, 1.165) is 12.8 Å². The SMILES string of the molecule is C#CC(C)(C)NC(=O)C1CCCO1. The molecule has 0 radical (unpaired) electrons. The summed E-state index contributed by atoms with van der Waals surface area (Å²) in [4.78, 5) is 11.5. The summed E-state index contributed by atoms with van der Waals surface area (Å²) in [5, 5.41) is 2.75. The Morgan fingerprint density at radius 1 is 1.69 bits per heavy atom. The van der Waals surface area contributed by atoms with Crippen LogP contribution >= 0.6 is 0 Å². The highest BCUT2D eigenvalue weighted by Crippen LogP contribution is 2.13. The van der Waals surface area contributed by atoms with Crippen molar-refractivity contribution in [2.45, 2.75) is 38.3 Å². The van der Waals surface area contributed by atoms with E-state index in [1.54, 1.807) is 13.8 Å². The van der Waals surface area contributed by atoms with Crippen LogP contribution in [0.4, 0.5) is 0 Å². The lowest BCUT2D eigenvalue weighted by molar-refractivity contribution is -0.131. The van der Waals surface area contributed by atoms with Crippen molar-refractivity contribution in [2.75, 3.05) is 6.61 Å². The Morgan fingerprint density at radius 2 is 2.38 bits per heavy atom. The van der Waals surface area contributed by atoms with Gasteiger partial charge in [0.1, 0.15) is 6.10 Å². The number of carbonyl (C=O) groups is 1. The second kappa shape index (κ2) is 3.80. The van der Waals surface area contributed by atoms with E-state index in [1.165, 1.54) is 0 Å². The van der Waals surface area contributed by atoms with Gasteiger partial charge in [-0.1, -0.05) is 5.92 Å². The Balaban J connectivity index is 2.45. The largest absolute Gasteiger partial charge is 0.368 e. The number of terminal acetylenes is 1. The molecular weight excluding hydrogens is 166 g/mol. The molecule has 0 aromatic rings. The second-order valence-electron chi connectivity index (χ2n) is 3.76. The average Bonchev–Trinajstić information content (AvgIpc) is 2.55. The number of nitrogens with one attached hydrogen (secondary N) is 1. The van der Waals surface area contributed by atoms with Crippen molar-refractivity contribution in [1.29, 1.82) is 0 Å². The maximum absolute atomic E-state index is 11.5. The Hall–Kier alpha value is -1.01. The van der Waals surface area contributed by atoms with E-state index in [2.05, 4.69) is 11.2 Å². The van der Waals surface area contributed by atoms with E-state index in [-0.39, 0.29) is 12.0 Å². The smallest absolute Gasteiger partial charge is 0.250 e. The van der Waals surface area contributed by atoms with Crippen LogP contribution in [0.3, 0.4) is 0 Å². The Kier molecular flexibility index (Phi) is 2.94. The first-order chi connectivity index (χ1) is 6.05. The van der Waals surface area contributed by atoms with E-state index in [9.17, 15) is 4.79 Å². The normalized spacial score (nSPS) is 22.4. The van der Waals surface area contributed by atoms with Crippen molar-refractivity contribution in [3.63, 3.8) is 0 Å². The average molecular weight is 181 g/mol. The Morgan fingerprint density at radius 3 is 2.85 bits per heavy atom. The number of ether oxygens (including phenoxy) is 1. The van der Waals surface area contributed by atoms with Gasteiger partial charge in [0.15, 0.2) is 0 Å². The van der Waals surface area contributed by atoms with Gasteiger partial charge >= 0.3 is 0 Å². The van der Waals surface area contributed by atoms with Crippen molar-refractivity contribution >= 4 is 5.91 Å². The maximum atomic E-state index is 11.5. The molecule has 0 spiro atoms. The lowest BCUT2D eigenvalue weighted by Gasteiger charge is -2.21. The molecule has 1 amide bonds. The maximum Gasteiger partial charge on any atom is 0.250 e. The molecule has 1 unspecified atom stereocenters. The highest BCUT2D eigenvalue weighted by molar-refractivity contribution is 5.82. The van der Waals surface area contributed by atoms with Gasteiger partial charge in [0, 0.05) is 6.61 Å². The molecule has 0 aromatic heterocycles. The van der Waals surface area contributed by atoms with Gasteiger partial charge < -0.3 is 10.1 Å². The van der Waals surface area contributed by atoms with Gasteiger partial charge in [-0.15, -0.1) is 6.42 Å². The molecule has 0 bridgehead atoms. The summed E-state index contributed by atoms with van der Waals surface area (Å²) < 4.78 is 5.22. The second-order valence-corrected chi connectivity index (χ2v) is 3.76. The fraction of sp³-hybridized carbons (Fsp3) is 0.700. The third-order valence-corrected chi connectivity index (χ3v) is 2.02. The Bertz CT molecular complexity index is 234. The highest BCUT2D eigenvalue weighted by atomic mass is 16.5. The summed E-state index contributed by atoms with van der Waals surface area (Å²) in [6.07, 6.45) is 6.70. The van der Waals surface area contributed by atoms with Gasteiger partial charge in [0.05, 0.1) is 5.54 Å². The van der Waals surface area contributed by atoms with Crippen LogP contribution in [0.25, 0.3) is 0 Å². The molecule has 1 fully saturated rings. The van der Waals surface area contributed by atoms with Gasteiger partial charge in [-0.2, -0.15) is 0 Å². The minimum atomic E-state index is -0.580. The van der Waals surface area contributed by atoms with Crippen molar-refractivity contribution in [3.8, 4) is 12.3 Å². The van der Waals surface area contributed by atoms with Crippen LogP contribution in [0.15, 0.2) is 0 Å². The molecule has 1 atom stereocenters. The van der Waals surface area contributed by atoms with Crippen LogP contribution in [-0.4, -0.2) is 24.2 Å². The molecule has 3 nitrogen and oxygen atoms in total. The molecule has 0 aliphatic carbocycles. The summed E-state index contributed by atoms with van der Waals surface area (Å²) in [7, 11) is 0. The number of rotatable bonds is 2. The third-order valence-electron chi connectivity index (χ3n) is 2.02. The van der Waals surface area contributed by atoms with Crippen molar-refractivity contribution in [1.82, 2.24) is 5.32 Å². The summed E-state index contributed by atoms with van der Waals surface area (Å²) in [5.41, 5.74) is -0.580. The number of hydrogen-bond donors (Lipinski definition) is 1. The predicted octanol–water partition coefficient (Wildman–Crippen LogP) is 0.693. The number of hydrogen-bond acceptors (Lipinski definition) is 2. The standard InChI is InChI=1S/C10H15NO2/c1-4-10(2,3)11-9(12)8-6-5-7-13-8/h1,8H,5-7H2,2-3H3,(H,11,12). The number of amides is 1. The quantitative estimate of drug-likeness (QED) is 0.637. The summed E-state index contributed by atoms with van der Waals surface area (Å²) in [6.45, 7) is 4.26. The fourth-order valence-electron chi connectivity index (χ4n) is 1.21. The zero-order valence-corrected chi connectivity index (χ0v) is 8.09. The van der Waals surface area contributed by atoms with E-state index in [1.807, 2.05) is 0 Å². The first-order valence-electron chi connectivity index (χ1n) is 4.46. The molecule has 3 heteroatoms. The lowest BCUT2D eigenvalue weighted by Crippen LogP contribution is -2.46. The Labute approximate surface area is 78.8 Å².